The quantitative estimate of drug-likeness (QED) is 0.716. The van der Waals surface area contributed by atoms with Crippen LogP contribution in [0.1, 0.15) is 16.7 Å². The Balaban J connectivity index is 1.90. The van der Waals surface area contributed by atoms with E-state index in [9.17, 15) is 0 Å². The minimum Gasteiger partial charge on any atom is -0.399 e. The molecular weight excluding hydrogens is 250 g/mol. The molecule has 0 atom stereocenters. The van der Waals surface area contributed by atoms with Crippen molar-refractivity contribution in [2.45, 2.75) is 20.4 Å². The number of rotatable bonds is 3. The van der Waals surface area contributed by atoms with Crippen LogP contribution in [0.2, 0.25) is 0 Å². The summed E-state index contributed by atoms with van der Waals surface area (Å²) in [4.78, 5) is 4.22. The first-order chi connectivity index (χ1) is 9.65. The lowest BCUT2D eigenvalue weighted by Gasteiger charge is -2.12. The Labute approximate surface area is 117 Å². The van der Waals surface area contributed by atoms with Crippen molar-refractivity contribution in [3.8, 4) is 0 Å². The molecule has 102 valence electrons. The zero-order chi connectivity index (χ0) is 14.1. The molecule has 0 fully saturated rings. The maximum absolute atomic E-state index is 5.93. The van der Waals surface area contributed by atoms with E-state index in [2.05, 4.69) is 27.5 Å². The zero-order valence-corrected chi connectivity index (χ0v) is 11.6. The molecular formula is C15H17N5. The van der Waals surface area contributed by atoms with Crippen molar-refractivity contribution in [1.82, 2.24) is 14.6 Å². The molecule has 20 heavy (non-hydrogen) atoms. The highest BCUT2D eigenvalue weighted by Crippen LogP contribution is 2.18. The molecule has 0 bridgehead atoms. The predicted octanol–water partition coefficient (Wildman–Crippen LogP) is 2.54. The van der Waals surface area contributed by atoms with Crippen LogP contribution in [0.4, 0.5) is 11.5 Å². The molecule has 5 heteroatoms. The molecule has 0 aliphatic rings. The summed E-state index contributed by atoms with van der Waals surface area (Å²) in [5.74, 6) is 0.930. The van der Waals surface area contributed by atoms with Crippen molar-refractivity contribution in [2.75, 3.05) is 11.1 Å². The van der Waals surface area contributed by atoms with Gasteiger partial charge in [0.15, 0.2) is 5.65 Å². The lowest BCUT2D eigenvalue weighted by molar-refractivity contribution is 0.939. The normalized spacial score (nSPS) is 10.9. The van der Waals surface area contributed by atoms with Gasteiger partial charge in [0.25, 0.3) is 0 Å². The molecule has 3 N–H and O–H groups in total. The van der Waals surface area contributed by atoms with Crippen LogP contribution in [0.3, 0.4) is 0 Å². The number of hydrogen-bond acceptors (Lipinski definition) is 4. The van der Waals surface area contributed by atoms with Crippen molar-refractivity contribution >= 4 is 17.2 Å². The maximum Gasteiger partial charge on any atom is 0.157 e. The monoisotopic (exact) mass is 267 g/mol. The highest BCUT2D eigenvalue weighted by Gasteiger charge is 2.05. The van der Waals surface area contributed by atoms with Gasteiger partial charge < -0.3 is 11.1 Å². The third kappa shape index (κ3) is 2.18. The standard InChI is InChI=1S/C15H17N5/c1-10-6-14(20-15(7-10)18-9-19-20)17-8-12-4-3-5-13(16)11(12)2/h3-7,9,17H,8,16H2,1-2H3. The van der Waals surface area contributed by atoms with Crippen molar-refractivity contribution in [3.05, 3.63) is 53.3 Å². The van der Waals surface area contributed by atoms with Crippen LogP contribution in [0.15, 0.2) is 36.7 Å². The van der Waals surface area contributed by atoms with Gasteiger partial charge in [0.2, 0.25) is 0 Å². The molecule has 0 aliphatic carbocycles. The predicted molar refractivity (Wildman–Crippen MR) is 80.6 cm³/mol. The van der Waals surface area contributed by atoms with Crippen LogP contribution < -0.4 is 11.1 Å². The minimum absolute atomic E-state index is 0.704. The van der Waals surface area contributed by atoms with Gasteiger partial charge in [0.1, 0.15) is 12.1 Å². The first-order valence-electron chi connectivity index (χ1n) is 6.53. The van der Waals surface area contributed by atoms with Crippen LogP contribution >= 0.6 is 0 Å². The van der Waals surface area contributed by atoms with Gasteiger partial charge in [-0.05, 0) is 48.7 Å². The molecule has 5 nitrogen and oxygen atoms in total. The summed E-state index contributed by atoms with van der Waals surface area (Å²) in [6, 6.07) is 10.0. The Bertz CT molecular complexity index is 760. The Morgan fingerprint density at radius 1 is 1.25 bits per heavy atom. The summed E-state index contributed by atoms with van der Waals surface area (Å²) in [7, 11) is 0. The van der Waals surface area contributed by atoms with E-state index in [1.807, 2.05) is 32.0 Å². The average Bonchev–Trinajstić information content (AvgIpc) is 2.88. The number of anilines is 2. The van der Waals surface area contributed by atoms with E-state index in [-0.39, 0.29) is 0 Å². The van der Waals surface area contributed by atoms with Crippen LogP contribution in [0.25, 0.3) is 5.65 Å². The lowest BCUT2D eigenvalue weighted by Crippen LogP contribution is -2.07. The minimum atomic E-state index is 0.704. The summed E-state index contributed by atoms with van der Waals surface area (Å²) < 4.78 is 1.80. The first kappa shape index (κ1) is 12.5. The Morgan fingerprint density at radius 3 is 2.95 bits per heavy atom. The third-order valence-electron chi connectivity index (χ3n) is 3.47. The second-order valence-corrected chi connectivity index (χ2v) is 4.93. The number of nitrogen functional groups attached to an aromatic ring is 1. The molecule has 0 radical (unpaired) electrons. The molecule has 0 spiro atoms. The Hall–Kier alpha value is -2.56. The fraction of sp³-hybridized carbons (Fsp3) is 0.200. The molecule has 0 unspecified atom stereocenters. The highest BCUT2D eigenvalue weighted by molar-refractivity contribution is 5.54. The van der Waals surface area contributed by atoms with E-state index >= 15 is 0 Å². The van der Waals surface area contributed by atoms with Crippen LogP contribution in [-0.4, -0.2) is 14.6 Å². The molecule has 0 saturated carbocycles. The van der Waals surface area contributed by atoms with Crippen LogP contribution in [0, 0.1) is 13.8 Å². The van der Waals surface area contributed by atoms with Crippen molar-refractivity contribution in [3.63, 3.8) is 0 Å². The number of nitrogens with zero attached hydrogens (tertiary/aromatic N) is 3. The number of benzene rings is 1. The Morgan fingerprint density at radius 2 is 2.10 bits per heavy atom. The van der Waals surface area contributed by atoms with Gasteiger partial charge in [0, 0.05) is 12.2 Å². The van der Waals surface area contributed by atoms with Crippen molar-refractivity contribution in [1.29, 1.82) is 0 Å². The van der Waals surface area contributed by atoms with Gasteiger partial charge in [0.05, 0.1) is 0 Å². The maximum atomic E-state index is 5.93. The van der Waals surface area contributed by atoms with Gasteiger partial charge in [-0.2, -0.15) is 9.61 Å². The van der Waals surface area contributed by atoms with E-state index in [1.165, 1.54) is 5.56 Å². The van der Waals surface area contributed by atoms with Crippen molar-refractivity contribution in [2.24, 2.45) is 0 Å². The second kappa shape index (κ2) is 4.85. The number of pyridine rings is 1. The number of aryl methyl sites for hydroxylation is 1. The summed E-state index contributed by atoms with van der Waals surface area (Å²) in [6.45, 7) is 4.79. The number of nitrogens with two attached hydrogens (primary N) is 1. The summed E-state index contributed by atoms with van der Waals surface area (Å²) in [5, 5.41) is 7.63. The van der Waals surface area contributed by atoms with E-state index < -0.39 is 0 Å². The molecule has 2 heterocycles. The van der Waals surface area contributed by atoms with E-state index in [1.54, 1.807) is 10.8 Å². The smallest absolute Gasteiger partial charge is 0.157 e. The third-order valence-corrected chi connectivity index (χ3v) is 3.47. The summed E-state index contributed by atoms with van der Waals surface area (Å²) >= 11 is 0. The van der Waals surface area contributed by atoms with E-state index in [0.29, 0.717) is 6.54 Å². The number of hydrogen-bond donors (Lipinski definition) is 2. The van der Waals surface area contributed by atoms with Crippen molar-refractivity contribution < 1.29 is 0 Å². The SMILES string of the molecule is Cc1cc(NCc2cccc(N)c2C)n2ncnc2c1. The fourth-order valence-corrected chi connectivity index (χ4v) is 2.26. The summed E-state index contributed by atoms with van der Waals surface area (Å²) in [5.41, 5.74) is 11.0. The molecule has 3 rings (SSSR count). The molecule has 3 aromatic rings. The van der Waals surface area contributed by atoms with Gasteiger partial charge in [-0.15, -0.1) is 0 Å². The average molecular weight is 267 g/mol. The molecule has 2 aromatic heterocycles. The van der Waals surface area contributed by atoms with Crippen LogP contribution in [-0.2, 0) is 6.54 Å². The molecule has 0 saturated heterocycles. The fourth-order valence-electron chi connectivity index (χ4n) is 2.26. The Kier molecular flexibility index (Phi) is 3.02. The number of nitrogens with one attached hydrogen (secondary N) is 1. The topological polar surface area (TPSA) is 68.2 Å². The van der Waals surface area contributed by atoms with E-state index in [0.717, 1.165) is 28.3 Å². The summed E-state index contributed by atoms with van der Waals surface area (Å²) in [6.07, 6.45) is 1.56. The molecule has 1 aromatic carbocycles. The van der Waals surface area contributed by atoms with Crippen LogP contribution in [0.5, 0.6) is 0 Å². The second-order valence-electron chi connectivity index (χ2n) is 4.93. The van der Waals surface area contributed by atoms with Gasteiger partial charge in [-0.1, -0.05) is 12.1 Å². The first-order valence-corrected chi connectivity index (χ1v) is 6.53. The molecule has 0 amide bonds. The van der Waals surface area contributed by atoms with Gasteiger partial charge in [-0.3, -0.25) is 0 Å². The van der Waals surface area contributed by atoms with E-state index in [4.69, 9.17) is 5.73 Å². The number of fused-ring (bicyclic) bond motifs is 1. The molecule has 0 aliphatic heterocycles. The lowest BCUT2D eigenvalue weighted by atomic mass is 10.1. The number of aromatic nitrogens is 3. The largest absolute Gasteiger partial charge is 0.399 e. The van der Waals surface area contributed by atoms with Gasteiger partial charge in [-0.25, -0.2) is 4.98 Å². The van der Waals surface area contributed by atoms with Gasteiger partial charge >= 0.3 is 0 Å². The highest BCUT2D eigenvalue weighted by atomic mass is 15.3. The zero-order valence-electron chi connectivity index (χ0n) is 11.6.